The van der Waals surface area contributed by atoms with Crippen molar-refractivity contribution >= 4 is 11.8 Å². The first-order chi connectivity index (χ1) is 15.9. The monoisotopic (exact) mass is 452 g/mol. The fourth-order valence-electron chi connectivity index (χ4n) is 4.08. The minimum absolute atomic E-state index is 0.0634. The van der Waals surface area contributed by atoms with Crippen LogP contribution in [0.25, 0.3) is 11.1 Å². The largest absolute Gasteiger partial charge is 0.449 e. The Hall–Kier alpha value is -3.82. The van der Waals surface area contributed by atoms with Crippen LogP contribution in [0.1, 0.15) is 28.7 Å². The zero-order valence-electron chi connectivity index (χ0n) is 17.3. The number of nitro groups is 1. The van der Waals surface area contributed by atoms with Gasteiger partial charge in [-0.15, -0.1) is 0 Å². The Morgan fingerprint density at radius 1 is 1.06 bits per heavy atom. The van der Waals surface area contributed by atoms with Gasteiger partial charge in [-0.05, 0) is 34.4 Å². The average Bonchev–Trinajstić information content (AvgIpc) is 3.14. The second-order valence-corrected chi connectivity index (χ2v) is 7.68. The number of carbonyl (C=O) groups is 1. The number of carbonyl (C=O) groups excluding carboxylic acids is 1. The van der Waals surface area contributed by atoms with Gasteiger partial charge in [0.05, 0.1) is 10.5 Å². The molecule has 2 atom stereocenters. The maximum absolute atomic E-state index is 13.5. The van der Waals surface area contributed by atoms with Crippen LogP contribution in [0.15, 0.2) is 66.7 Å². The normalized spacial score (nSPS) is 14.2. The van der Waals surface area contributed by atoms with E-state index in [1.54, 1.807) is 0 Å². The van der Waals surface area contributed by atoms with Crippen molar-refractivity contribution in [2.45, 2.75) is 18.1 Å². The minimum Gasteiger partial charge on any atom is -0.449 e. The molecule has 0 saturated heterocycles. The number of rotatable bonds is 7. The Kier molecular flexibility index (Phi) is 6.34. The highest BCUT2D eigenvalue weighted by atomic mass is 19.1. The standard InChI is InChI=1S/C24H21FN2O6/c25-14-9-10-21(27(31)32)19(11-14)23(29)22(28)12-26-24(30)33-13-20-17-7-3-1-5-15(17)16-6-2-4-8-18(16)20/h1-11,20,22-23,28-29H,12-13H2,(H,26,30). The first-order valence-electron chi connectivity index (χ1n) is 10.3. The van der Waals surface area contributed by atoms with Crippen molar-refractivity contribution in [3.05, 3.63) is 99.4 Å². The highest BCUT2D eigenvalue weighted by Gasteiger charge is 2.30. The number of nitrogens with one attached hydrogen (secondary N) is 1. The topological polar surface area (TPSA) is 122 Å². The summed E-state index contributed by atoms with van der Waals surface area (Å²) in [5, 5.41) is 33.9. The van der Waals surface area contributed by atoms with E-state index in [0.717, 1.165) is 40.5 Å². The molecule has 9 heteroatoms. The molecule has 2 unspecified atom stereocenters. The van der Waals surface area contributed by atoms with E-state index >= 15 is 0 Å². The summed E-state index contributed by atoms with van der Waals surface area (Å²) in [6.45, 7) is -0.389. The number of hydrogen-bond acceptors (Lipinski definition) is 6. The molecule has 1 aliphatic carbocycles. The van der Waals surface area contributed by atoms with Crippen molar-refractivity contribution < 1.29 is 29.1 Å². The second-order valence-electron chi connectivity index (χ2n) is 7.68. The molecular weight excluding hydrogens is 431 g/mol. The highest BCUT2D eigenvalue weighted by molar-refractivity contribution is 5.79. The van der Waals surface area contributed by atoms with Crippen LogP contribution in [0.3, 0.4) is 0 Å². The van der Waals surface area contributed by atoms with Crippen LogP contribution in [-0.2, 0) is 4.74 Å². The van der Waals surface area contributed by atoms with Crippen molar-refractivity contribution in [1.29, 1.82) is 0 Å². The third-order valence-corrected chi connectivity index (χ3v) is 5.67. The summed E-state index contributed by atoms with van der Waals surface area (Å²) < 4.78 is 18.8. The Morgan fingerprint density at radius 3 is 2.27 bits per heavy atom. The minimum atomic E-state index is -1.78. The summed E-state index contributed by atoms with van der Waals surface area (Å²) in [6.07, 6.45) is -4.22. The molecule has 0 bridgehead atoms. The van der Waals surface area contributed by atoms with Crippen LogP contribution in [0.2, 0.25) is 0 Å². The van der Waals surface area contributed by atoms with E-state index in [4.69, 9.17) is 4.74 Å². The summed E-state index contributed by atoms with van der Waals surface area (Å²) in [7, 11) is 0. The lowest BCUT2D eigenvalue weighted by Crippen LogP contribution is -2.36. The number of hydrogen-bond donors (Lipinski definition) is 3. The molecule has 3 N–H and O–H groups in total. The van der Waals surface area contributed by atoms with Crippen LogP contribution in [0.4, 0.5) is 14.9 Å². The molecule has 0 heterocycles. The molecule has 0 fully saturated rings. The molecule has 4 rings (SSSR count). The van der Waals surface area contributed by atoms with Gasteiger partial charge in [-0.1, -0.05) is 48.5 Å². The number of ether oxygens (including phenoxy) is 1. The number of aliphatic hydroxyl groups is 2. The van der Waals surface area contributed by atoms with Gasteiger partial charge in [0.25, 0.3) is 5.69 Å². The molecule has 0 aromatic heterocycles. The molecule has 33 heavy (non-hydrogen) atoms. The van der Waals surface area contributed by atoms with Gasteiger partial charge in [0.15, 0.2) is 0 Å². The smallest absolute Gasteiger partial charge is 0.407 e. The summed E-state index contributed by atoms with van der Waals surface area (Å²) in [6, 6.07) is 18.3. The van der Waals surface area contributed by atoms with Crippen LogP contribution in [0.5, 0.6) is 0 Å². The number of aliphatic hydroxyl groups excluding tert-OH is 2. The third kappa shape index (κ3) is 4.55. The molecular formula is C24H21FN2O6. The van der Waals surface area contributed by atoms with Gasteiger partial charge < -0.3 is 20.3 Å². The Bertz CT molecular complexity index is 1160. The maximum Gasteiger partial charge on any atom is 0.407 e. The number of benzene rings is 3. The first-order valence-corrected chi connectivity index (χ1v) is 10.3. The van der Waals surface area contributed by atoms with Gasteiger partial charge in [0, 0.05) is 18.5 Å². The van der Waals surface area contributed by atoms with E-state index in [0.29, 0.717) is 0 Å². The molecule has 170 valence electrons. The van der Waals surface area contributed by atoms with E-state index in [2.05, 4.69) is 5.32 Å². The van der Waals surface area contributed by atoms with Gasteiger partial charge in [0.1, 0.15) is 24.6 Å². The SMILES string of the molecule is O=C(NCC(O)C(O)c1cc(F)ccc1[N+](=O)[O-])OCC1c2ccccc2-c2ccccc21. The number of nitrogens with zero attached hydrogens (tertiary/aromatic N) is 1. The van der Waals surface area contributed by atoms with E-state index in [1.807, 2.05) is 48.5 Å². The summed E-state index contributed by atoms with van der Waals surface area (Å²) in [4.78, 5) is 22.5. The Labute approximate surface area is 188 Å². The zero-order valence-corrected chi connectivity index (χ0v) is 17.3. The fraction of sp³-hybridized carbons (Fsp3) is 0.208. The lowest BCUT2D eigenvalue weighted by atomic mass is 9.98. The molecule has 3 aromatic rings. The zero-order chi connectivity index (χ0) is 23.5. The van der Waals surface area contributed by atoms with Crippen LogP contribution in [-0.4, -0.2) is 40.5 Å². The molecule has 0 aliphatic heterocycles. The summed E-state index contributed by atoms with van der Waals surface area (Å²) in [5.41, 5.74) is 3.32. The van der Waals surface area contributed by atoms with Crippen molar-refractivity contribution in [2.24, 2.45) is 0 Å². The van der Waals surface area contributed by atoms with Crippen LogP contribution >= 0.6 is 0 Å². The van der Waals surface area contributed by atoms with Gasteiger partial charge in [-0.2, -0.15) is 0 Å². The molecule has 1 aliphatic rings. The maximum atomic E-state index is 13.5. The van der Waals surface area contributed by atoms with Gasteiger partial charge in [0.2, 0.25) is 0 Å². The number of fused-ring (bicyclic) bond motifs is 3. The second kappa shape index (κ2) is 9.35. The molecule has 1 amide bonds. The highest BCUT2D eigenvalue weighted by Crippen LogP contribution is 2.44. The van der Waals surface area contributed by atoms with E-state index in [9.17, 15) is 29.5 Å². The van der Waals surface area contributed by atoms with E-state index in [1.165, 1.54) is 0 Å². The predicted molar refractivity (Wildman–Crippen MR) is 117 cm³/mol. The van der Waals surface area contributed by atoms with Crippen molar-refractivity contribution in [3.8, 4) is 11.1 Å². The molecule has 8 nitrogen and oxygen atoms in total. The van der Waals surface area contributed by atoms with Gasteiger partial charge in [-0.3, -0.25) is 10.1 Å². The van der Waals surface area contributed by atoms with Gasteiger partial charge in [-0.25, -0.2) is 9.18 Å². The van der Waals surface area contributed by atoms with Crippen LogP contribution < -0.4 is 5.32 Å². The van der Waals surface area contributed by atoms with E-state index in [-0.39, 0.29) is 18.1 Å². The lowest BCUT2D eigenvalue weighted by molar-refractivity contribution is -0.386. The number of halogens is 1. The van der Waals surface area contributed by atoms with Gasteiger partial charge >= 0.3 is 6.09 Å². The van der Waals surface area contributed by atoms with Crippen molar-refractivity contribution in [2.75, 3.05) is 13.2 Å². The third-order valence-electron chi connectivity index (χ3n) is 5.67. The number of alkyl carbamates (subject to hydrolysis) is 1. The first kappa shape index (κ1) is 22.4. The average molecular weight is 452 g/mol. The number of amides is 1. The van der Waals surface area contributed by atoms with Crippen molar-refractivity contribution in [1.82, 2.24) is 5.32 Å². The van der Waals surface area contributed by atoms with E-state index < -0.39 is 41.3 Å². The molecule has 3 aromatic carbocycles. The van der Waals surface area contributed by atoms with Crippen molar-refractivity contribution in [3.63, 3.8) is 0 Å². The predicted octanol–water partition coefficient (Wildman–Crippen LogP) is 3.67. The van der Waals surface area contributed by atoms with Crippen LogP contribution in [0, 0.1) is 15.9 Å². The Morgan fingerprint density at radius 2 is 1.67 bits per heavy atom. The summed E-state index contributed by atoms with van der Waals surface area (Å²) in [5.74, 6) is -0.944. The summed E-state index contributed by atoms with van der Waals surface area (Å²) >= 11 is 0. The molecule has 0 spiro atoms. The number of nitro benzene ring substituents is 1. The quantitative estimate of drug-likeness (QED) is 0.371. The fourth-order valence-corrected chi connectivity index (χ4v) is 4.08. The molecule has 0 saturated carbocycles. The molecule has 0 radical (unpaired) electrons. The Balaban J connectivity index is 1.37. The lowest BCUT2D eigenvalue weighted by Gasteiger charge is -2.19.